The highest BCUT2D eigenvalue weighted by molar-refractivity contribution is 5.88. The van der Waals surface area contributed by atoms with Gasteiger partial charge in [0, 0.05) is 0 Å². The third-order valence-corrected chi connectivity index (χ3v) is 1.29. The van der Waals surface area contributed by atoms with Crippen LogP contribution in [0.15, 0.2) is 0 Å². The van der Waals surface area contributed by atoms with Gasteiger partial charge in [0.1, 0.15) is 0 Å². The molecule has 9 heteroatoms. The number of rotatable bonds is 5. The summed E-state index contributed by atoms with van der Waals surface area (Å²) in [4.78, 5) is 39.4. The van der Waals surface area contributed by atoms with E-state index >= 15 is 0 Å². The molecule has 0 fully saturated rings. The maximum Gasteiger partial charge on any atom is 0.336 e. The van der Waals surface area contributed by atoms with Gasteiger partial charge in [0.15, 0.2) is 5.60 Å². The molecule has 0 saturated carbocycles. The molecule has 5 N–H and O–H groups in total. The fourth-order valence-corrected chi connectivity index (χ4v) is 0.714. The van der Waals surface area contributed by atoms with E-state index in [0.29, 0.717) is 0 Å². The van der Waals surface area contributed by atoms with Crippen molar-refractivity contribution in [3.63, 3.8) is 0 Å². The Balaban J connectivity index is 0. The summed E-state index contributed by atoms with van der Waals surface area (Å²) < 4.78 is 0. The fourth-order valence-electron chi connectivity index (χ4n) is 0.714. The number of hydrogen-bond donors (Lipinski definition) is 5. The molecule has 0 aromatic rings. The molecule has 0 spiro atoms. The minimum absolute atomic E-state index is 1.08. The van der Waals surface area contributed by atoms with Gasteiger partial charge in [-0.2, -0.15) is 0 Å². The summed E-state index contributed by atoms with van der Waals surface area (Å²) in [5, 5.41) is 41.1. The molecule has 0 rings (SSSR count). The van der Waals surface area contributed by atoms with E-state index in [4.69, 9.17) is 30.3 Å². The maximum atomic E-state index is 10.3. The minimum atomic E-state index is -2.74. The summed E-state index contributed by atoms with van der Waals surface area (Å²) in [7, 11) is 0. The van der Waals surface area contributed by atoms with E-state index in [1.807, 2.05) is 0 Å². The topological polar surface area (TPSA) is 169 Å². The van der Waals surface area contributed by atoms with Crippen LogP contribution in [0.2, 0.25) is 0 Å². The molecule has 0 amide bonds. The first-order valence-corrected chi connectivity index (χ1v) is 3.95. The smallest absolute Gasteiger partial charge is 0.336 e. The highest BCUT2D eigenvalue weighted by Crippen LogP contribution is 2.15. The SMILES string of the molecule is O=C(O)CC(O)(CC(=O)O)C(=O)O.[CH2]C(=O)O. The second-order valence-corrected chi connectivity index (χ2v) is 2.87. The molecule has 17 heavy (non-hydrogen) atoms. The first-order chi connectivity index (χ1) is 7.51. The van der Waals surface area contributed by atoms with Crippen molar-refractivity contribution in [3.8, 4) is 0 Å². The van der Waals surface area contributed by atoms with E-state index in [2.05, 4.69) is 6.92 Å². The van der Waals surface area contributed by atoms with Crippen molar-refractivity contribution in [2.75, 3.05) is 0 Å². The van der Waals surface area contributed by atoms with E-state index in [-0.39, 0.29) is 0 Å². The van der Waals surface area contributed by atoms with Gasteiger partial charge in [-0.15, -0.1) is 0 Å². The number of carbonyl (C=O) groups is 4. The lowest BCUT2D eigenvalue weighted by molar-refractivity contribution is -0.170. The highest BCUT2D eigenvalue weighted by Gasteiger charge is 2.40. The van der Waals surface area contributed by atoms with E-state index in [1.165, 1.54) is 0 Å². The second kappa shape index (κ2) is 7.17. The van der Waals surface area contributed by atoms with Gasteiger partial charge in [0.05, 0.1) is 19.8 Å². The van der Waals surface area contributed by atoms with Crippen LogP contribution in [0.25, 0.3) is 0 Å². The molecular weight excluding hydrogens is 240 g/mol. The quantitative estimate of drug-likeness (QED) is 0.396. The largest absolute Gasteiger partial charge is 0.481 e. The molecular formula is C8H11O9. The lowest BCUT2D eigenvalue weighted by Gasteiger charge is -2.18. The molecule has 9 nitrogen and oxygen atoms in total. The number of aliphatic hydroxyl groups is 1. The summed E-state index contributed by atoms with van der Waals surface area (Å²) in [6, 6.07) is 0. The molecule has 1 radical (unpaired) electrons. The highest BCUT2D eigenvalue weighted by atomic mass is 16.4. The van der Waals surface area contributed by atoms with E-state index in [9.17, 15) is 14.4 Å². The summed E-state index contributed by atoms with van der Waals surface area (Å²) >= 11 is 0. The third-order valence-electron chi connectivity index (χ3n) is 1.29. The summed E-state index contributed by atoms with van der Waals surface area (Å²) in [6.07, 6.45) is -2.29. The molecule has 0 saturated heterocycles. The molecule has 0 bridgehead atoms. The lowest BCUT2D eigenvalue weighted by Crippen LogP contribution is -2.42. The fraction of sp³-hybridized carbons (Fsp3) is 0.375. The van der Waals surface area contributed by atoms with Crippen LogP contribution in [0.5, 0.6) is 0 Å². The van der Waals surface area contributed by atoms with Crippen molar-refractivity contribution in [1.82, 2.24) is 0 Å². The van der Waals surface area contributed by atoms with Gasteiger partial charge in [-0.25, -0.2) is 4.79 Å². The molecule has 0 aromatic carbocycles. The Labute approximate surface area is 94.9 Å². The predicted molar refractivity (Wildman–Crippen MR) is 50.1 cm³/mol. The number of carboxylic acid groups (broad SMARTS) is 4. The Morgan fingerprint density at radius 1 is 0.882 bits per heavy atom. The van der Waals surface area contributed by atoms with E-state index in [1.54, 1.807) is 0 Å². The van der Waals surface area contributed by atoms with Gasteiger partial charge in [0.2, 0.25) is 0 Å². The Morgan fingerprint density at radius 2 is 1.12 bits per heavy atom. The van der Waals surface area contributed by atoms with Gasteiger partial charge < -0.3 is 25.5 Å². The van der Waals surface area contributed by atoms with E-state index in [0.717, 1.165) is 0 Å². The molecule has 0 unspecified atom stereocenters. The first kappa shape index (κ1) is 17.2. The van der Waals surface area contributed by atoms with Crippen LogP contribution in [-0.4, -0.2) is 55.0 Å². The van der Waals surface area contributed by atoms with E-state index < -0.39 is 42.3 Å². The maximum absolute atomic E-state index is 10.3. The van der Waals surface area contributed by atoms with Gasteiger partial charge in [-0.05, 0) is 0 Å². The average molecular weight is 251 g/mol. The van der Waals surface area contributed by atoms with Crippen molar-refractivity contribution < 1.29 is 44.7 Å². The molecule has 0 aromatic heterocycles. The monoisotopic (exact) mass is 251 g/mol. The molecule has 0 aliphatic carbocycles. The van der Waals surface area contributed by atoms with Crippen molar-refractivity contribution in [2.45, 2.75) is 18.4 Å². The normalized spacial score (nSPS) is 9.76. The zero-order valence-corrected chi connectivity index (χ0v) is 8.49. The van der Waals surface area contributed by atoms with Crippen LogP contribution in [0.4, 0.5) is 0 Å². The predicted octanol–water partition coefficient (Wildman–Crippen LogP) is -1.34. The van der Waals surface area contributed by atoms with Crippen LogP contribution in [0, 0.1) is 6.92 Å². The zero-order valence-electron chi connectivity index (χ0n) is 8.49. The van der Waals surface area contributed by atoms with Gasteiger partial charge in [-0.3, -0.25) is 14.4 Å². The van der Waals surface area contributed by atoms with Gasteiger partial charge in [0.25, 0.3) is 0 Å². The van der Waals surface area contributed by atoms with Gasteiger partial charge in [-0.1, -0.05) is 0 Å². The minimum Gasteiger partial charge on any atom is -0.481 e. The number of aliphatic carboxylic acids is 4. The summed E-state index contributed by atoms with van der Waals surface area (Å²) in [5.74, 6) is -6.10. The van der Waals surface area contributed by atoms with Crippen molar-refractivity contribution in [1.29, 1.82) is 0 Å². The van der Waals surface area contributed by atoms with Gasteiger partial charge >= 0.3 is 23.9 Å². The summed E-state index contributed by atoms with van der Waals surface area (Å²) in [6.45, 7) is 2.56. The third kappa shape index (κ3) is 10.1. The molecule has 0 atom stereocenters. The molecule has 0 aliphatic heterocycles. The Kier molecular flexibility index (Phi) is 7.27. The molecule has 0 aliphatic rings. The van der Waals surface area contributed by atoms with Crippen LogP contribution in [0.1, 0.15) is 12.8 Å². The van der Waals surface area contributed by atoms with Crippen LogP contribution in [0.3, 0.4) is 0 Å². The average Bonchev–Trinajstić information content (AvgIpc) is 1.98. The Morgan fingerprint density at radius 3 is 1.24 bits per heavy atom. The second-order valence-electron chi connectivity index (χ2n) is 2.87. The Bertz CT molecular complexity index is 299. The van der Waals surface area contributed by atoms with Crippen molar-refractivity contribution in [2.24, 2.45) is 0 Å². The van der Waals surface area contributed by atoms with Crippen LogP contribution in [-0.2, 0) is 19.2 Å². The number of carboxylic acids is 4. The van der Waals surface area contributed by atoms with Crippen molar-refractivity contribution in [3.05, 3.63) is 6.92 Å². The Hall–Kier alpha value is -2.16. The summed E-state index contributed by atoms with van der Waals surface area (Å²) in [5.41, 5.74) is -2.74. The van der Waals surface area contributed by atoms with Crippen molar-refractivity contribution >= 4 is 23.9 Å². The van der Waals surface area contributed by atoms with Crippen LogP contribution >= 0.6 is 0 Å². The lowest BCUT2D eigenvalue weighted by atomic mass is 9.96. The molecule has 97 valence electrons. The number of hydrogen-bond acceptors (Lipinski definition) is 5. The standard InChI is InChI=1S/C6H8O7.C2H3O2/c7-3(8)1-6(13,5(11)12)2-4(9)10;1-2(3)4/h13H,1-2H2,(H,7,8)(H,9,10)(H,11,12);1H2,(H,3,4). The van der Waals surface area contributed by atoms with Crippen LogP contribution < -0.4 is 0 Å². The first-order valence-electron chi connectivity index (χ1n) is 3.95. The molecule has 0 heterocycles. The zero-order chi connectivity index (χ0) is 14.2.